The third-order valence-electron chi connectivity index (χ3n) is 4.61. The molecule has 2 atom stereocenters. The van der Waals surface area contributed by atoms with E-state index in [9.17, 15) is 4.79 Å². The fourth-order valence-corrected chi connectivity index (χ4v) is 4.13. The Morgan fingerprint density at radius 1 is 1.59 bits per heavy atom. The zero-order chi connectivity index (χ0) is 15.7. The van der Waals surface area contributed by atoms with Crippen molar-refractivity contribution in [1.29, 1.82) is 0 Å². The molecule has 0 radical (unpaired) electrons. The molecule has 5 nitrogen and oxygen atoms in total. The molecule has 2 aliphatic heterocycles. The largest absolute Gasteiger partial charge is 0.465 e. The van der Waals surface area contributed by atoms with Gasteiger partial charge in [0.25, 0.3) is 0 Å². The Morgan fingerprint density at radius 2 is 2.41 bits per heavy atom. The highest BCUT2D eigenvalue weighted by Crippen LogP contribution is 2.34. The Labute approximate surface area is 135 Å². The van der Waals surface area contributed by atoms with Crippen LogP contribution in [0.3, 0.4) is 0 Å². The average molecular weight is 324 g/mol. The van der Waals surface area contributed by atoms with Crippen LogP contribution in [0.5, 0.6) is 0 Å². The van der Waals surface area contributed by atoms with E-state index in [1.54, 1.807) is 11.3 Å². The molecule has 2 saturated heterocycles. The second-order valence-electron chi connectivity index (χ2n) is 6.53. The highest BCUT2D eigenvalue weighted by Gasteiger charge is 2.37. The smallest absolute Gasteiger partial charge is 0.317 e. The minimum absolute atomic E-state index is 0.0334. The first-order chi connectivity index (χ1) is 10.5. The summed E-state index contributed by atoms with van der Waals surface area (Å²) in [5.41, 5.74) is 0.0633. The molecule has 3 rings (SSSR count). The standard InChI is InChI=1S/C16H24N2O3S/c1-4-20-15(19)16(2,3)13-10-22-14(17-13)12-8-18-7-5-6-11(18)9-21-12/h10-12H,4-9H2,1-3H3/t11-,12+/m1/s1. The third-order valence-corrected chi connectivity index (χ3v) is 5.55. The van der Waals surface area contributed by atoms with Crippen molar-refractivity contribution in [3.63, 3.8) is 0 Å². The number of nitrogens with zero attached hydrogens (tertiary/aromatic N) is 2. The Balaban J connectivity index is 1.72. The molecular formula is C16H24N2O3S. The molecule has 0 spiro atoms. The predicted molar refractivity (Wildman–Crippen MR) is 85.1 cm³/mol. The van der Waals surface area contributed by atoms with Gasteiger partial charge >= 0.3 is 5.97 Å². The fraction of sp³-hybridized carbons (Fsp3) is 0.750. The number of rotatable bonds is 4. The first-order valence-electron chi connectivity index (χ1n) is 8.01. The van der Waals surface area contributed by atoms with Gasteiger partial charge in [0, 0.05) is 18.0 Å². The Bertz CT molecular complexity index is 543. The van der Waals surface area contributed by atoms with Gasteiger partial charge in [0.15, 0.2) is 0 Å². The molecule has 0 amide bonds. The molecule has 3 heterocycles. The van der Waals surface area contributed by atoms with Crippen molar-refractivity contribution in [2.75, 3.05) is 26.3 Å². The number of carbonyl (C=O) groups is 1. The lowest BCUT2D eigenvalue weighted by molar-refractivity contribution is -0.148. The number of ether oxygens (including phenoxy) is 2. The molecule has 2 aliphatic rings. The zero-order valence-electron chi connectivity index (χ0n) is 13.5. The van der Waals surface area contributed by atoms with Crippen LogP contribution in [-0.2, 0) is 19.7 Å². The third kappa shape index (κ3) is 2.92. The zero-order valence-corrected chi connectivity index (χ0v) is 14.3. The maximum atomic E-state index is 12.1. The Morgan fingerprint density at radius 3 is 3.18 bits per heavy atom. The van der Waals surface area contributed by atoms with Gasteiger partial charge in [-0.05, 0) is 40.2 Å². The minimum Gasteiger partial charge on any atom is -0.465 e. The van der Waals surface area contributed by atoms with Crippen LogP contribution in [0.4, 0.5) is 0 Å². The van der Waals surface area contributed by atoms with Crippen molar-refractivity contribution in [3.8, 4) is 0 Å². The van der Waals surface area contributed by atoms with Crippen LogP contribution < -0.4 is 0 Å². The van der Waals surface area contributed by atoms with Gasteiger partial charge < -0.3 is 9.47 Å². The quantitative estimate of drug-likeness (QED) is 0.797. The van der Waals surface area contributed by atoms with Gasteiger partial charge in [-0.1, -0.05) is 0 Å². The van der Waals surface area contributed by atoms with Crippen LogP contribution >= 0.6 is 11.3 Å². The van der Waals surface area contributed by atoms with Crippen molar-refractivity contribution < 1.29 is 14.3 Å². The van der Waals surface area contributed by atoms with Crippen LogP contribution in [0.15, 0.2) is 5.38 Å². The molecule has 0 N–H and O–H groups in total. The SMILES string of the molecule is CCOC(=O)C(C)(C)c1csc([C@@H]2CN3CCC[C@@H]3CO2)n1. The van der Waals surface area contributed by atoms with E-state index in [-0.39, 0.29) is 12.1 Å². The lowest BCUT2D eigenvalue weighted by Crippen LogP contribution is -2.42. The summed E-state index contributed by atoms with van der Waals surface area (Å²) in [6, 6.07) is 0.589. The molecule has 6 heteroatoms. The summed E-state index contributed by atoms with van der Waals surface area (Å²) in [4.78, 5) is 19.3. The van der Waals surface area contributed by atoms with Gasteiger partial charge in [-0.2, -0.15) is 0 Å². The normalized spacial score (nSPS) is 26.0. The van der Waals surface area contributed by atoms with E-state index in [1.165, 1.54) is 12.8 Å². The number of fused-ring (bicyclic) bond motifs is 1. The lowest BCUT2D eigenvalue weighted by atomic mass is 9.90. The number of hydrogen-bond donors (Lipinski definition) is 0. The van der Waals surface area contributed by atoms with Gasteiger partial charge in [-0.25, -0.2) is 4.98 Å². The molecule has 22 heavy (non-hydrogen) atoms. The van der Waals surface area contributed by atoms with Gasteiger partial charge in [0.2, 0.25) is 0 Å². The second kappa shape index (κ2) is 6.26. The Hall–Kier alpha value is -0.980. The van der Waals surface area contributed by atoms with Crippen molar-refractivity contribution >= 4 is 17.3 Å². The topological polar surface area (TPSA) is 51.7 Å². The molecule has 1 aromatic heterocycles. The number of carbonyl (C=O) groups excluding carboxylic acids is 1. The summed E-state index contributed by atoms with van der Waals surface area (Å²) in [6.45, 7) is 8.81. The second-order valence-corrected chi connectivity index (χ2v) is 7.42. The van der Waals surface area contributed by atoms with Crippen LogP contribution in [-0.4, -0.2) is 48.2 Å². The average Bonchev–Trinajstić information content (AvgIpc) is 3.16. The number of aromatic nitrogens is 1. The van der Waals surface area contributed by atoms with Crippen LogP contribution in [0.1, 0.15) is 50.4 Å². The molecule has 2 fully saturated rings. The van der Waals surface area contributed by atoms with E-state index in [0.717, 1.165) is 30.4 Å². The first-order valence-corrected chi connectivity index (χ1v) is 8.89. The van der Waals surface area contributed by atoms with E-state index in [4.69, 9.17) is 9.47 Å². The first kappa shape index (κ1) is 15.9. The van der Waals surface area contributed by atoms with Gasteiger partial charge in [0.05, 0.1) is 18.9 Å². The predicted octanol–water partition coefficient (Wildman–Crippen LogP) is 2.52. The molecule has 0 saturated carbocycles. The molecule has 122 valence electrons. The monoisotopic (exact) mass is 324 g/mol. The molecule has 0 aliphatic carbocycles. The van der Waals surface area contributed by atoms with Crippen molar-refractivity contribution in [1.82, 2.24) is 9.88 Å². The fourth-order valence-electron chi connectivity index (χ4n) is 3.11. The number of thiazole rings is 1. The molecule has 0 aromatic carbocycles. The van der Waals surface area contributed by atoms with E-state index in [2.05, 4.69) is 9.88 Å². The van der Waals surface area contributed by atoms with E-state index in [0.29, 0.717) is 12.6 Å². The van der Waals surface area contributed by atoms with E-state index in [1.807, 2.05) is 26.2 Å². The van der Waals surface area contributed by atoms with Crippen molar-refractivity contribution in [2.45, 2.75) is 51.2 Å². The summed E-state index contributed by atoms with van der Waals surface area (Å²) < 4.78 is 11.2. The minimum atomic E-state index is -0.713. The van der Waals surface area contributed by atoms with E-state index >= 15 is 0 Å². The number of hydrogen-bond acceptors (Lipinski definition) is 6. The van der Waals surface area contributed by atoms with Gasteiger partial charge in [0.1, 0.15) is 16.5 Å². The van der Waals surface area contributed by atoms with Crippen molar-refractivity contribution in [3.05, 3.63) is 16.1 Å². The maximum Gasteiger partial charge on any atom is 0.317 e. The molecule has 0 unspecified atom stereocenters. The molecular weight excluding hydrogens is 300 g/mol. The van der Waals surface area contributed by atoms with Gasteiger partial charge in [-0.3, -0.25) is 9.69 Å². The molecule has 0 bridgehead atoms. The number of esters is 1. The van der Waals surface area contributed by atoms with Gasteiger partial charge in [-0.15, -0.1) is 11.3 Å². The van der Waals surface area contributed by atoms with E-state index < -0.39 is 5.41 Å². The number of morpholine rings is 1. The summed E-state index contributed by atoms with van der Waals surface area (Å²) in [7, 11) is 0. The summed E-state index contributed by atoms with van der Waals surface area (Å²) in [5, 5.41) is 2.93. The Kier molecular flexibility index (Phi) is 4.52. The lowest BCUT2D eigenvalue weighted by Gasteiger charge is -2.34. The van der Waals surface area contributed by atoms with Crippen LogP contribution in [0, 0.1) is 0 Å². The highest BCUT2D eigenvalue weighted by atomic mass is 32.1. The summed E-state index contributed by atoms with van der Waals surface area (Å²) >= 11 is 1.58. The molecule has 1 aromatic rings. The summed E-state index contributed by atoms with van der Waals surface area (Å²) in [6.07, 6.45) is 2.54. The van der Waals surface area contributed by atoms with Crippen LogP contribution in [0.25, 0.3) is 0 Å². The summed E-state index contributed by atoms with van der Waals surface area (Å²) in [5.74, 6) is -0.226. The highest BCUT2D eigenvalue weighted by molar-refractivity contribution is 7.09. The van der Waals surface area contributed by atoms with Crippen molar-refractivity contribution in [2.24, 2.45) is 0 Å². The van der Waals surface area contributed by atoms with Crippen LogP contribution in [0.2, 0.25) is 0 Å². The maximum absolute atomic E-state index is 12.1.